The molecule has 27 heavy (non-hydrogen) atoms. The van der Waals surface area contributed by atoms with Gasteiger partial charge in [-0.3, -0.25) is 9.48 Å². The molecule has 1 heterocycles. The molecule has 0 aliphatic heterocycles. The number of aromatic nitrogens is 3. The minimum absolute atomic E-state index is 0.0876. The van der Waals surface area contributed by atoms with Crippen molar-refractivity contribution in [3.05, 3.63) is 29.8 Å². The van der Waals surface area contributed by atoms with E-state index in [1.165, 1.54) is 7.05 Å². The molecule has 0 spiro atoms. The van der Waals surface area contributed by atoms with Crippen LogP contribution in [-0.2, 0) is 18.0 Å². The standard InChI is InChI=1S/C16H14F6N4O/c1-26-7-23-13(25-26)8-5-12(11(17)6-10(8)16(20,21)22)24-14(27)9-3-2-4-15(9,18)19/h5-7,9H,2-4H2,1H3,(H,24,27)/t9-/m0/s1. The Bertz CT molecular complexity index is 876. The van der Waals surface area contributed by atoms with Gasteiger partial charge in [0.25, 0.3) is 5.92 Å². The number of carbonyl (C=O) groups excluding carboxylic acids is 1. The first-order valence-corrected chi connectivity index (χ1v) is 7.94. The molecule has 0 radical (unpaired) electrons. The van der Waals surface area contributed by atoms with E-state index in [0.717, 1.165) is 11.0 Å². The van der Waals surface area contributed by atoms with E-state index in [0.29, 0.717) is 6.07 Å². The summed E-state index contributed by atoms with van der Waals surface area (Å²) in [5.41, 5.74) is -2.55. The van der Waals surface area contributed by atoms with Crippen LogP contribution in [0.1, 0.15) is 24.8 Å². The predicted molar refractivity (Wildman–Crippen MR) is 82.3 cm³/mol. The molecular weight excluding hydrogens is 378 g/mol. The van der Waals surface area contributed by atoms with Gasteiger partial charge in [-0.15, -0.1) is 0 Å². The van der Waals surface area contributed by atoms with Gasteiger partial charge < -0.3 is 5.32 Å². The first-order chi connectivity index (χ1) is 12.5. The number of alkyl halides is 5. The second-order valence-corrected chi connectivity index (χ2v) is 6.31. The number of anilines is 1. The monoisotopic (exact) mass is 392 g/mol. The third-order valence-electron chi connectivity index (χ3n) is 4.34. The molecule has 1 atom stereocenters. The maximum Gasteiger partial charge on any atom is 0.417 e. The summed E-state index contributed by atoms with van der Waals surface area (Å²) < 4.78 is 82.5. The van der Waals surface area contributed by atoms with Crippen LogP contribution in [0, 0.1) is 11.7 Å². The maximum absolute atomic E-state index is 14.2. The molecule has 0 unspecified atom stereocenters. The summed E-state index contributed by atoms with van der Waals surface area (Å²) in [5.74, 6) is -7.77. The number of benzene rings is 1. The van der Waals surface area contributed by atoms with Gasteiger partial charge in [0.15, 0.2) is 5.82 Å². The highest BCUT2D eigenvalue weighted by Crippen LogP contribution is 2.42. The Morgan fingerprint density at radius 3 is 2.56 bits per heavy atom. The van der Waals surface area contributed by atoms with E-state index in [9.17, 15) is 31.1 Å². The highest BCUT2D eigenvalue weighted by molar-refractivity contribution is 5.94. The average Bonchev–Trinajstić information content (AvgIpc) is 3.13. The van der Waals surface area contributed by atoms with E-state index in [1.807, 2.05) is 5.32 Å². The smallest absolute Gasteiger partial charge is 0.323 e. The highest BCUT2D eigenvalue weighted by atomic mass is 19.4. The third kappa shape index (κ3) is 3.76. The van der Waals surface area contributed by atoms with E-state index in [2.05, 4.69) is 10.1 Å². The minimum atomic E-state index is -4.91. The Labute approximate surface area is 149 Å². The van der Waals surface area contributed by atoms with E-state index in [-0.39, 0.29) is 24.7 Å². The lowest BCUT2D eigenvalue weighted by Gasteiger charge is -2.19. The molecule has 2 aromatic rings. The number of nitrogens with zero attached hydrogens (tertiary/aromatic N) is 3. The maximum atomic E-state index is 14.2. The summed E-state index contributed by atoms with van der Waals surface area (Å²) >= 11 is 0. The van der Waals surface area contributed by atoms with Gasteiger partial charge in [-0.25, -0.2) is 18.2 Å². The number of hydrogen-bond donors (Lipinski definition) is 1. The lowest BCUT2D eigenvalue weighted by atomic mass is 10.0. The zero-order valence-corrected chi connectivity index (χ0v) is 13.9. The van der Waals surface area contributed by atoms with Crippen molar-refractivity contribution in [3.8, 4) is 11.4 Å². The van der Waals surface area contributed by atoms with Crippen molar-refractivity contribution in [3.63, 3.8) is 0 Å². The van der Waals surface area contributed by atoms with Gasteiger partial charge in [0.05, 0.1) is 11.3 Å². The Hall–Kier alpha value is -2.59. The molecule has 146 valence electrons. The molecule has 1 aliphatic rings. The molecule has 1 aromatic heterocycles. The second kappa shape index (κ2) is 6.54. The third-order valence-corrected chi connectivity index (χ3v) is 4.34. The van der Waals surface area contributed by atoms with Crippen molar-refractivity contribution < 1.29 is 31.1 Å². The first kappa shape index (κ1) is 19.2. The predicted octanol–water partition coefficient (Wildman–Crippen LogP) is 4.01. The SMILES string of the molecule is Cn1cnc(-c2cc(NC(=O)[C@@H]3CCCC3(F)F)c(F)cc2C(F)(F)F)n1. The normalized spacial score (nSPS) is 19.3. The van der Waals surface area contributed by atoms with Gasteiger partial charge in [0.1, 0.15) is 18.1 Å². The molecule has 11 heteroatoms. The van der Waals surface area contributed by atoms with Crippen LogP contribution in [-0.4, -0.2) is 26.6 Å². The summed E-state index contributed by atoms with van der Waals surface area (Å²) in [7, 11) is 1.43. The highest BCUT2D eigenvalue weighted by Gasteiger charge is 2.48. The van der Waals surface area contributed by atoms with Gasteiger partial charge in [0.2, 0.25) is 5.91 Å². The molecule has 5 nitrogen and oxygen atoms in total. The number of aryl methyl sites for hydroxylation is 1. The van der Waals surface area contributed by atoms with Crippen molar-refractivity contribution in [2.75, 3.05) is 5.32 Å². The summed E-state index contributed by atoms with van der Waals surface area (Å²) in [5, 5.41) is 5.74. The van der Waals surface area contributed by atoms with Crippen LogP contribution in [0.2, 0.25) is 0 Å². The zero-order valence-electron chi connectivity index (χ0n) is 13.9. The van der Waals surface area contributed by atoms with Crippen molar-refractivity contribution in [2.24, 2.45) is 13.0 Å². The van der Waals surface area contributed by atoms with Crippen LogP contribution in [0.4, 0.5) is 32.0 Å². The summed E-state index contributed by atoms with van der Waals surface area (Å²) in [4.78, 5) is 15.8. The number of halogens is 6. The van der Waals surface area contributed by atoms with E-state index >= 15 is 0 Å². The molecule has 0 saturated heterocycles. The van der Waals surface area contributed by atoms with Crippen LogP contribution in [0.25, 0.3) is 11.4 Å². The first-order valence-electron chi connectivity index (χ1n) is 7.94. The lowest BCUT2D eigenvalue weighted by molar-refractivity contribution is -0.137. The van der Waals surface area contributed by atoms with Gasteiger partial charge >= 0.3 is 6.18 Å². The largest absolute Gasteiger partial charge is 0.417 e. The molecule has 1 saturated carbocycles. The Kier molecular flexibility index (Phi) is 4.64. The Balaban J connectivity index is 2.00. The molecule has 1 aliphatic carbocycles. The van der Waals surface area contributed by atoms with Crippen molar-refractivity contribution in [2.45, 2.75) is 31.4 Å². The minimum Gasteiger partial charge on any atom is -0.323 e. The lowest BCUT2D eigenvalue weighted by Crippen LogP contribution is -2.33. The quantitative estimate of drug-likeness (QED) is 0.803. The van der Waals surface area contributed by atoms with Gasteiger partial charge in [-0.2, -0.15) is 18.3 Å². The van der Waals surface area contributed by atoms with Crippen molar-refractivity contribution >= 4 is 11.6 Å². The summed E-state index contributed by atoms with van der Waals surface area (Å²) in [6.07, 6.45) is -4.18. The van der Waals surface area contributed by atoms with E-state index in [4.69, 9.17) is 0 Å². The molecule has 1 fully saturated rings. The van der Waals surface area contributed by atoms with Crippen LogP contribution in [0.15, 0.2) is 18.5 Å². The number of nitrogens with one attached hydrogen (secondary N) is 1. The van der Waals surface area contributed by atoms with E-state index in [1.54, 1.807) is 0 Å². The van der Waals surface area contributed by atoms with Gasteiger partial charge in [-0.05, 0) is 25.0 Å². The molecular formula is C16H14F6N4O. The Morgan fingerprint density at radius 1 is 1.33 bits per heavy atom. The molecule has 1 N–H and O–H groups in total. The van der Waals surface area contributed by atoms with Gasteiger partial charge in [-0.1, -0.05) is 0 Å². The fraction of sp³-hybridized carbons (Fsp3) is 0.438. The molecule has 3 rings (SSSR count). The summed E-state index contributed by atoms with van der Waals surface area (Å²) in [6.45, 7) is 0. The summed E-state index contributed by atoms with van der Waals surface area (Å²) in [6, 6.07) is 0.895. The van der Waals surface area contributed by atoms with Crippen LogP contribution >= 0.6 is 0 Å². The second-order valence-electron chi connectivity index (χ2n) is 6.31. The number of amides is 1. The van der Waals surface area contributed by atoms with E-state index < -0.39 is 53.0 Å². The molecule has 1 amide bonds. The molecule has 0 bridgehead atoms. The number of carbonyl (C=O) groups is 1. The van der Waals surface area contributed by atoms with Crippen LogP contribution < -0.4 is 5.32 Å². The average molecular weight is 392 g/mol. The van der Waals surface area contributed by atoms with Crippen LogP contribution in [0.5, 0.6) is 0 Å². The topological polar surface area (TPSA) is 59.8 Å². The fourth-order valence-corrected chi connectivity index (χ4v) is 3.02. The number of hydrogen-bond acceptors (Lipinski definition) is 3. The van der Waals surface area contributed by atoms with Crippen molar-refractivity contribution in [1.82, 2.24) is 14.8 Å². The van der Waals surface area contributed by atoms with Gasteiger partial charge in [0, 0.05) is 19.0 Å². The molecule has 1 aromatic carbocycles. The zero-order chi connectivity index (χ0) is 20.0. The van der Waals surface area contributed by atoms with Crippen LogP contribution in [0.3, 0.4) is 0 Å². The Morgan fingerprint density at radius 2 is 2.04 bits per heavy atom. The number of rotatable bonds is 3. The fourth-order valence-electron chi connectivity index (χ4n) is 3.02. The van der Waals surface area contributed by atoms with Crippen molar-refractivity contribution in [1.29, 1.82) is 0 Å².